The zero-order valence-corrected chi connectivity index (χ0v) is 8.84. The second kappa shape index (κ2) is 5.02. The van der Waals surface area contributed by atoms with Gasteiger partial charge in [0, 0.05) is 0 Å². The Morgan fingerprint density at radius 3 is 2.86 bits per heavy atom. The van der Waals surface area contributed by atoms with Crippen LogP contribution in [0.2, 0.25) is 0 Å². The molecule has 0 aromatic rings. The van der Waals surface area contributed by atoms with Gasteiger partial charge < -0.3 is 10.6 Å². The zero-order valence-electron chi connectivity index (χ0n) is 8.84. The highest BCUT2D eigenvalue weighted by atomic mass is 16.2. The first-order valence-electron chi connectivity index (χ1n) is 5.09. The molecule has 3 nitrogen and oxygen atoms in total. The standard InChI is InChI=1S/C11H18N2O/c1-4-5-12-11(14)9(3)13-7-10-6-8(10)2/h1,8-10,13H,5-7H2,2-3H3,(H,12,14). The summed E-state index contributed by atoms with van der Waals surface area (Å²) in [5, 5.41) is 5.85. The monoisotopic (exact) mass is 194 g/mol. The highest BCUT2D eigenvalue weighted by molar-refractivity contribution is 5.81. The molecule has 0 aliphatic heterocycles. The van der Waals surface area contributed by atoms with Crippen molar-refractivity contribution in [1.29, 1.82) is 0 Å². The summed E-state index contributed by atoms with van der Waals surface area (Å²) in [5.41, 5.74) is 0. The van der Waals surface area contributed by atoms with Crippen molar-refractivity contribution < 1.29 is 4.79 Å². The van der Waals surface area contributed by atoms with Gasteiger partial charge in [0.05, 0.1) is 12.6 Å². The molecule has 0 heterocycles. The van der Waals surface area contributed by atoms with Crippen LogP contribution < -0.4 is 10.6 Å². The van der Waals surface area contributed by atoms with Crippen molar-refractivity contribution in [3.05, 3.63) is 0 Å². The predicted octanol–water partition coefficient (Wildman–Crippen LogP) is 0.370. The van der Waals surface area contributed by atoms with E-state index < -0.39 is 0 Å². The molecule has 14 heavy (non-hydrogen) atoms. The maximum atomic E-state index is 11.3. The van der Waals surface area contributed by atoms with Crippen molar-refractivity contribution in [1.82, 2.24) is 10.6 Å². The molecule has 3 unspecified atom stereocenters. The van der Waals surface area contributed by atoms with Gasteiger partial charge in [-0.1, -0.05) is 12.8 Å². The zero-order chi connectivity index (χ0) is 10.6. The second-order valence-corrected chi connectivity index (χ2v) is 4.02. The highest BCUT2D eigenvalue weighted by Crippen LogP contribution is 2.36. The molecule has 0 bridgehead atoms. The van der Waals surface area contributed by atoms with Gasteiger partial charge in [0.15, 0.2) is 0 Å². The van der Waals surface area contributed by atoms with Gasteiger partial charge >= 0.3 is 0 Å². The van der Waals surface area contributed by atoms with Crippen LogP contribution in [-0.2, 0) is 4.79 Å². The van der Waals surface area contributed by atoms with Crippen LogP contribution in [0.3, 0.4) is 0 Å². The van der Waals surface area contributed by atoms with E-state index in [1.807, 2.05) is 6.92 Å². The first-order valence-corrected chi connectivity index (χ1v) is 5.09. The topological polar surface area (TPSA) is 41.1 Å². The van der Waals surface area contributed by atoms with Crippen molar-refractivity contribution in [2.45, 2.75) is 26.3 Å². The SMILES string of the molecule is C#CCNC(=O)C(C)NCC1CC1C. The fraction of sp³-hybridized carbons (Fsp3) is 0.727. The Kier molecular flexibility index (Phi) is 3.97. The molecule has 1 saturated carbocycles. The molecule has 0 spiro atoms. The van der Waals surface area contributed by atoms with Crippen LogP contribution in [0.1, 0.15) is 20.3 Å². The number of nitrogens with one attached hydrogen (secondary N) is 2. The third kappa shape index (κ3) is 3.39. The van der Waals surface area contributed by atoms with Crippen molar-refractivity contribution in [2.24, 2.45) is 11.8 Å². The number of hydrogen-bond donors (Lipinski definition) is 2. The Balaban J connectivity index is 2.11. The van der Waals surface area contributed by atoms with Gasteiger partial charge in [-0.2, -0.15) is 0 Å². The molecule has 1 aliphatic rings. The number of hydrogen-bond acceptors (Lipinski definition) is 2. The van der Waals surface area contributed by atoms with E-state index in [1.54, 1.807) is 0 Å². The van der Waals surface area contributed by atoms with Crippen molar-refractivity contribution >= 4 is 5.91 Å². The predicted molar refractivity (Wildman–Crippen MR) is 56.6 cm³/mol. The van der Waals surface area contributed by atoms with Gasteiger partial charge in [-0.15, -0.1) is 6.42 Å². The third-order valence-corrected chi connectivity index (χ3v) is 2.72. The van der Waals surface area contributed by atoms with Crippen LogP contribution in [0.25, 0.3) is 0 Å². The molecular weight excluding hydrogens is 176 g/mol. The lowest BCUT2D eigenvalue weighted by Gasteiger charge is -2.12. The second-order valence-electron chi connectivity index (χ2n) is 4.02. The molecule has 0 aromatic heterocycles. The minimum atomic E-state index is -0.142. The van der Waals surface area contributed by atoms with Gasteiger partial charge in [-0.3, -0.25) is 4.79 Å². The molecule has 1 aliphatic carbocycles. The molecule has 0 aromatic carbocycles. The lowest BCUT2D eigenvalue weighted by Crippen LogP contribution is -2.43. The minimum absolute atomic E-state index is 0.0174. The van der Waals surface area contributed by atoms with Crippen LogP contribution in [0, 0.1) is 24.2 Å². The lowest BCUT2D eigenvalue weighted by atomic mass is 10.2. The molecule has 0 saturated heterocycles. The van der Waals surface area contributed by atoms with E-state index in [0.29, 0.717) is 6.54 Å². The summed E-state index contributed by atoms with van der Waals surface area (Å²) in [5.74, 6) is 3.95. The third-order valence-electron chi connectivity index (χ3n) is 2.72. The first kappa shape index (κ1) is 11.1. The Morgan fingerprint density at radius 2 is 2.36 bits per heavy atom. The number of amides is 1. The normalized spacial score (nSPS) is 26.4. The van der Waals surface area contributed by atoms with Crippen LogP contribution in [0.5, 0.6) is 0 Å². The molecule has 2 N–H and O–H groups in total. The van der Waals surface area contributed by atoms with Gasteiger partial charge in [-0.05, 0) is 31.7 Å². The Morgan fingerprint density at radius 1 is 1.71 bits per heavy atom. The summed E-state index contributed by atoms with van der Waals surface area (Å²) in [6.07, 6.45) is 6.33. The largest absolute Gasteiger partial charge is 0.344 e. The summed E-state index contributed by atoms with van der Waals surface area (Å²) in [6, 6.07) is -0.142. The van der Waals surface area contributed by atoms with Gasteiger partial charge in [0.25, 0.3) is 0 Å². The molecule has 1 rings (SSSR count). The Hall–Kier alpha value is -1.01. The van der Waals surface area contributed by atoms with Gasteiger partial charge in [0.2, 0.25) is 5.91 Å². The summed E-state index contributed by atoms with van der Waals surface area (Å²) in [7, 11) is 0. The maximum Gasteiger partial charge on any atom is 0.237 e. The molecule has 1 amide bonds. The summed E-state index contributed by atoms with van der Waals surface area (Å²) < 4.78 is 0. The van der Waals surface area contributed by atoms with Crippen LogP contribution in [0.4, 0.5) is 0 Å². The van der Waals surface area contributed by atoms with Gasteiger partial charge in [0.1, 0.15) is 0 Å². The van der Waals surface area contributed by atoms with E-state index in [0.717, 1.165) is 18.4 Å². The number of carbonyl (C=O) groups is 1. The van der Waals surface area contributed by atoms with E-state index in [4.69, 9.17) is 6.42 Å². The summed E-state index contributed by atoms with van der Waals surface area (Å²) in [6.45, 7) is 5.34. The maximum absolute atomic E-state index is 11.3. The summed E-state index contributed by atoms with van der Waals surface area (Å²) >= 11 is 0. The Labute approximate surface area is 85.6 Å². The van der Waals surface area contributed by atoms with E-state index in [-0.39, 0.29) is 11.9 Å². The molecule has 1 fully saturated rings. The van der Waals surface area contributed by atoms with Gasteiger partial charge in [-0.25, -0.2) is 0 Å². The molecular formula is C11H18N2O. The quantitative estimate of drug-likeness (QED) is 0.621. The first-order chi connectivity index (χ1) is 6.65. The number of rotatable bonds is 5. The van der Waals surface area contributed by atoms with E-state index in [9.17, 15) is 4.79 Å². The number of terminal acetylenes is 1. The highest BCUT2D eigenvalue weighted by Gasteiger charge is 2.32. The average molecular weight is 194 g/mol. The van der Waals surface area contributed by atoms with Crippen LogP contribution in [0.15, 0.2) is 0 Å². The lowest BCUT2D eigenvalue weighted by molar-refractivity contribution is -0.122. The molecule has 78 valence electrons. The minimum Gasteiger partial charge on any atom is -0.344 e. The molecule has 3 heteroatoms. The van der Waals surface area contributed by atoms with E-state index in [2.05, 4.69) is 23.5 Å². The van der Waals surface area contributed by atoms with Crippen molar-refractivity contribution in [2.75, 3.05) is 13.1 Å². The average Bonchev–Trinajstić information content (AvgIpc) is 2.87. The fourth-order valence-electron chi connectivity index (χ4n) is 1.40. The van der Waals surface area contributed by atoms with Crippen molar-refractivity contribution in [3.63, 3.8) is 0 Å². The van der Waals surface area contributed by atoms with Crippen molar-refractivity contribution in [3.8, 4) is 12.3 Å². The summed E-state index contributed by atoms with van der Waals surface area (Å²) in [4.78, 5) is 11.3. The van der Waals surface area contributed by atoms with Crippen LogP contribution >= 0.6 is 0 Å². The molecule has 0 radical (unpaired) electrons. The van der Waals surface area contributed by atoms with E-state index in [1.165, 1.54) is 6.42 Å². The van der Waals surface area contributed by atoms with E-state index >= 15 is 0 Å². The number of carbonyl (C=O) groups excluding carboxylic acids is 1. The van der Waals surface area contributed by atoms with Crippen LogP contribution in [-0.4, -0.2) is 25.0 Å². The fourth-order valence-corrected chi connectivity index (χ4v) is 1.40. The molecule has 3 atom stereocenters. The smallest absolute Gasteiger partial charge is 0.237 e. The Bertz CT molecular complexity index is 244.